The van der Waals surface area contributed by atoms with Gasteiger partial charge in [-0.2, -0.15) is 0 Å². The fourth-order valence-corrected chi connectivity index (χ4v) is 1.63. The van der Waals surface area contributed by atoms with E-state index in [-0.39, 0.29) is 5.75 Å². The van der Waals surface area contributed by atoms with Gasteiger partial charge in [0.2, 0.25) is 0 Å². The molecule has 84 valence electrons. The summed E-state index contributed by atoms with van der Waals surface area (Å²) in [6, 6.07) is 5.33. The van der Waals surface area contributed by atoms with Gasteiger partial charge in [0, 0.05) is 6.07 Å². The van der Waals surface area contributed by atoms with Crippen LogP contribution in [0.15, 0.2) is 18.2 Å². The number of aromatic hydroxyl groups is 1. The molecule has 0 heterocycles. The van der Waals surface area contributed by atoms with Crippen molar-refractivity contribution >= 4 is 0 Å². The lowest BCUT2D eigenvalue weighted by molar-refractivity contribution is 0.250. The van der Waals surface area contributed by atoms with Crippen LogP contribution in [0.4, 0.5) is 0 Å². The van der Waals surface area contributed by atoms with Crippen LogP contribution in [0.1, 0.15) is 32.3 Å². The van der Waals surface area contributed by atoms with Crippen molar-refractivity contribution in [2.75, 3.05) is 6.61 Å². The van der Waals surface area contributed by atoms with Crippen LogP contribution in [0.2, 0.25) is 0 Å². The second-order valence-corrected chi connectivity index (χ2v) is 4.21. The molecule has 0 aliphatic carbocycles. The lowest BCUT2D eigenvalue weighted by atomic mass is 10.1. The van der Waals surface area contributed by atoms with Crippen LogP contribution < -0.4 is 4.74 Å². The van der Waals surface area contributed by atoms with E-state index in [0.717, 1.165) is 17.9 Å². The van der Waals surface area contributed by atoms with Crippen LogP contribution in [0, 0.1) is 12.8 Å². The number of rotatable bonds is 5. The van der Waals surface area contributed by atoms with Gasteiger partial charge in [-0.15, -0.1) is 0 Å². The molecule has 1 aromatic carbocycles. The molecule has 0 bridgehead atoms. The Kier molecular flexibility index (Phi) is 4.47. The summed E-state index contributed by atoms with van der Waals surface area (Å²) in [5, 5.41) is 9.38. The number of phenols is 1. The zero-order chi connectivity index (χ0) is 11.3. The van der Waals surface area contributed by atoms with Gasteiger partial charge in [-0.3, -0.25) is 0 Å². The van der Waals surface area contributed by atoms with Crippen molar-refractivity contribution in [2.45, 2.75) is 33.6 Å². The second kappa shape index (κ2) is 5.64. The SMILES string of the molecule is CCCC(C)COc1cc(C)cc(O)c1. The molecule has 1 unspecified atom stereocenters. The predicted molar refractivity (Wildman–Crippen MR) is 62.4 cm³/mol. The largest absolute Gasteiger partial charge is 0.508 e. The Morgan fingerprint density at radius 2 is 2.07 bits per heavy atom. The average Bonchev–Trinajstić information content (AvgIpc) is 2.14. The van der Waals surface area contributed by atoms with Gasteiger partial charge in [0.05, 0.1) is 6.61 Å². The smallest absolute Gasteiger partial charge is 0.123 e. The molecule has 1 N–H and O–H groups in total. The summed E-state index contributed by atoms with van der Waals surface area (Å²) in [6.07, 6.45) is 2.36. The van der Waals surface area contributed by atoms with Gasteiger partial charge < -0.3 is 9.84 Å². The average molecular weight is 208 g/mol. The van der Waals surface area contributed by atoms with E-state index in [2.05, 4.69) is 13.8 Å². The Morgan fingerprint density at radius 1 is 1.33 bits per heavy atom. The molecule has 2 heteroatoms. The number of hydrogen-bond donors (Lipinski definition) is 1. The lowest BCUT2D eigenvalue weighted by Crippen LogP contribution is -2.08. The minimum absolute atomic E-state index is 0.271. The Bertz CT molecular complexity index is 287. The van der Waals surface area contributed by atoms with E-state index in [4.69, 9.17) is 4.74 Å². The molecule has 2 nitrogen and oxygen atoms in total. The summed E-state index contributed by atoms with van der Waals surface area (Å²) in [5.74, 6) is 1.60. The topological polar surface area (TPSA) is 29.5 Å². The Balaban J connectivity index is 2.50. The Morgan fingerprint density at radius 3 is 2.67 bits per heavy atom. The Labute approximate surface area is 91.9 Å². The summed E-state index contributed by atoms with van der Waals surface area (Å²) in [7, 11) is 0. The molecular formula is C13H20O2. The maximum Gasteiger partial charge on any atom is 0.123 e. The van der Waals surface area contributed by atoms with E-state index in [1.54, 1.807) is 12.1 Å². The fourth-order valence-electron chi connectivity index (χ4n) is 1.63. The number of aryl methyl sites for hydroxylation is 1. The molecular weight excluding hydrogens is 188 g/mol. The van der Waals surface area contributed by atoms with Crippen molar-refractivity contribution in [3.63, 3.8) is 0 Å². The van der Waals surface area contributed by atoms with E-state index in [1.807, 2.05) is 13.0 Å². The molecule has 0 aliphatic heterocycles. The van der Waals surface area contributed by atoms with E-state index in [0.29, 0.717) is 5.92 Å². The molecule has 0 amide bonds. The first-order valence-electron chi connectivity index (χ1n) is 5.55. The van der Waals surface area contributed by atoms with E-state index in [1.165, 1.54) is 12.8 Å². The Hall–Kier alpha value is -1.18. The number of benzene rings is 1. The molecule has 0 aliphatic rings. The maximum absolute atomic E-state index is 9.38. The third-order valence-electron chi connectivity index (χ3n) is 2.35. The van der Waals surface area contributed by atoms with Crippen LogP contribution in [-0.4, -0.2) is 11.7 Å². The second-order valence-electron chi connectivity index (χ2n) is 4.21. The molecule has 1 aromatic rings. The number of hydrogen-bond acceptors (Lipinski definition) is 2. The maximum atomic E-state index is 9.38. The highest BCUT2D eigenvalue weighted by molar-refractivity contribution is 5.36. The summed E-state index contributed by atoms with van der Waals surface area (Å²) in [5.41, 5.74) is 1.02. The molecule has 0 fully saturated rings. The summed E-state index contributed by atoms with van der Waals surface area (Å²) in [4.78, 5) is 0. The van der Waals surface area contributed by atoms with Crippen molar-refractivity contribution in [3.8, 4) is 11.5 Å². The third-order valence-corrected chi connectivity index (χ3v) is 2.35. The summed E-state index contributed by atoms with van der Waals surface area (Å²) in [6.45, 7) is 7.02. The first-order valence-corrected chi connectivity index (χ1v) is 5.55. The third kappa shape index (κ3) is 4.24. The standard InChI is InChI=1S/C13H20O2/c1-4-5-10(2)9-15-13-7-11(3)6-12(14)8-13/h6-8,10,14H,4-5,9H2,1-3H3. The van der Waals surface area contributed by atoms with Crippen LogP contribution in [0.3, 0.4) is 0 Å². The zero-order valence-corrected chi connectivity index (χ0v) is 9.79. The minimum atomic E-state index is 0.271. The van der Waals surface area contributed by atoms with Gasteiger partial charge in [-0.05, 0) is 37.0 Å². The lowest BCUT2D eigenvalue weighted by Gasteiger charge is -2.12. The minimum Gasteiger partial charge on any atom is -0.508 e. The van der Waals surface area contributed by atoms with Gasteiger partial charge in [0.1, 0.15) is 11.5 Å². The van der Waals surface area contributed by atoms with Crippen molar-refractivity contribution < 1.29 is 9.84 Å². The monoisotopic (exact) mass is 208 g/mol. The van der Waals surface area contributed by atoms with Gasteiger partial charge in [-0.1, -0.05) is 20.3 Å². The molecule has 0 aromatic heterocycles. The number of phenolic OH excluding ortho intramolecular Hbond substituents is 1. The van der Waals surface area contributed by atoms with Gasteiger partial charge >= 0.3 is 0 Å². The van der Waals surface area contributed by atoms with E-state index in [9.17, 15) is 5.11 Å². The molecule has 0 spiro atoms. The molecule has 1 atom stereocenters. The van der Waals surface area contributed by atoms with Gasteiger partial charge in [0.25, 0.3) is 0 Å². The molecule has 0 saturated carbocycles. The normalized spacial score (nSPS) is 12.5. The highest BCUT2D eigenvalue weighted by Crippen LogP contribution is 2.22. The summed E-state index contributed by atoms with van der Waals surface area (Å²) >= 11 is 0. The van der Waals surface area contributed by atoms with Crippen molar-refractivity contribution in [3.05, 3.63) is 23.8 Å². The zero-order valence-electron chi connectivity index (χ0n) is 9.79. The van der Waals surface area contributed by atoms with Crippen LogP contribution in [-0.2, 0) is 0 Å². The van der Waals surface area contributed by atoms with Crippen molar-refractivity contribution in [2.24, 2.45) is 5.92 Å². The van der Waals surface area contributed by atoms with Crippen molar-refractivity contribution in [1.29, 1.82) is 0 Å². The highest BCUT2D eigenvalue weighted by atomic mass is 16.5. The predicted octanol–water partition coefficient (Wildman–Crippen LogP) is 3.52. The van der Waals surface area contributed by atoms with Crippen LogP contribution >= 0.6 is 0 Å². The molecule has 0 saturated heterocycles. The molecule has 1 rings (SSSR count). The molecule has 0 radical (unpaired) electrons. The van der Waals surface area contributed by atoms with E-state index >= 15 is 0 Å². The first kappa shape index (κ1) is 11.9. The van der Waals surface area contributed by atoms with Crippen molar-refractivity contribution in [1.82, 2.24) is 0 Å². The van der Waals surface area contributed by atoms with Crippen LogP contribution in [0.5, 0.6) is 11.5 Å². The number of ether oxygens (including phenoxy) is 1. The van der Waals surface area contributed by atoms with Crippen LogP contribution in [0.25, 0.3) is 0 Å². The van der Waals surface area contributed by atoms with Gasteiger partial charge in [-0.25, -0.2) is 0 Å². The molecule has 15 heavy (non-hydrogen) atoms. The quantitative estimate of drug-likeness (QED) is 0.802. The first-order chi connectivity index (χ1) is 7.11. The van der Waals surface area contributed by atoms with Gasteiger partial charge in [0.15, 0.2) is 0 Å². The summed E-state index contributed by atoms with van der Waals surface area (Å²) < 4.78 is 5.62. The van der Waals surface area contributed by atoms with E-state index < -0.39 is 0 Å². The fraction of sp³-hybridized carbons (Fsp3) is 0.538. The highest BCUT2D eigenvalue weighted by Gasteiger charge is 2.03.